The van der Waals surface area contributed by atoms with Gasteiger partial charge in [-0.15, -0.1) is 11.8 Å². The molecule has 0 bridgehead atoms. The minimum Gasteiger partial charge on any atom is -0.481 e. The van der Waals surface area contributed by atoms with E-state index in [1.807, 2.05) is 0 Å². The third-order valence-electron chi connectivity index (χ3n) is 2.81. The number of aliphatic carboxylic acids is 1. The maximum Gasteiger partial charge on any atom is 0.303 e. The third-order valence-corrected chi connectivity index (χ3v) is 3.75. The van der Waals surface area contributed by atoms with E-state index in [9.17, 15) is 14.4 Å². The molecule has 6 nitrogen and oxygen atoms in total. The Morgan fingerprint density at radius 2 is 1.89 bits per heavy atom. The highest BCUT2D eigenvalue weighted by molar-refractivity contribution is 7.99. The Labute approximate surface area is 117 Å². The maximum absolute atomic E-state index is 12.1. The Hall–Kier alpha value is -0.920. The largest absolute Gasteiger partial charge is 0.481 e. The molecule has 110 valence electrons. The SMILES string of the molecule is CNC(C)C(=O)C(CCC(=O)O)NC(SC)C(C)=O. The number of carbonyl (C=O) groups excluding carboxylic acids is 2. The quantitative estimate of drug-likeness (QED) is 0.497. The average Bonchev–Trinajstić information content (AvgIpc) is 2.36. The van der Waals surface area contributed by atoms with E-state index >= 15 is 0 Å². The summed E-state index contributed by atoms with van der Waals surface area (Å²) in [4.78, 5) is 34.1. The summed E-state index contributed by atoms with van der Waals surface area (Å²) in [7, 11) is 1.66. The highest BCUT2D eigenvalue weighted by atomic mass is 32.2. The van der Waals surface area contributed by atoms with Crippen molar-refractivity contribution in [3.05, 3.63) is 0 Å². The molecule has 0 fully saturated rings. The molecule has 0 radical (unpaired) electrons. The van der Waals surface area contributed by atoms with Crippen molar-refractivity contribution < 1.29 is 19.5 Å². The van der Waals surface area contributed by atoms with Crippen molar-refractivity contribution in [3.63, 3.8) is 0 Å². The predicted octanol–water partition coefficient (Wildman–Crippen LogP) is 0.265. The highest BCUT2D eigenvalue weighted by Gasteiger charge is 2.27. The van der Waals surface area contributed by atoms with E-state index in [1.165, 1.54) is 18.7 Å². The fourth-order valence-electron chi connectivity index (χ4n) is 1.55. The third kappa shape index (κ3) is 6.70. The molecule has 0 heterocycles. The number of Topliss-reactive ketones (excluding diaryl/α,β-unsaturated/α-hetero) is 2. The van der Waals surface area contributed by atoms with Gasteiger partial charge in [0.2, 0.25) is 0 Å². The molecule has 0 aromatic rings. The zero-order valence-electron chi connectivity index (χ0n) is 11.7. The Kier molecular flexibility index (Phi) is 8.62. The summed E-state index contributed by atoms with van der Waals surface area (Å²) in [5, 5.41) is 14.0. The van der Waals surface area contributed by atoms with Crippen LogP contribution >= 0.6 is 11.8 Å². The molecular weight excluding hydrogens is 268 g/mol. The number of likely N-dealkylation sites (N-methyl/N-ethyl adjacent to an activating group) is 1. The van der Waals surface area contributed by atoms with Crippen LogP contribution in [0, 0.1) is 0 Å². The fraction of sp³-hybridized carbons (Fsp3) is 0.750. The van der Waals surface area contributed by atoms with Crippen molar-refractivity contribution in [1.82, 2.24) is 10.6 Å². The monoisotopic (exact) mass is 290 g/mol. The molecule has 0 aliphatic heterocycles. The summed E-state index contributed by atoms with van der Waals surface area (Å²) in [6, 6.07) is -1.03. The zero-order valence-corrected chi connectivity index (χ0v) is 12.5. The molecule has 0 aromatic carbocycles. The van der Waals surface area contributed by atoms with E-state index in [0.29, 0.717) is 0 Å². The van der Waals surface area contributed by atoms with Gasteiger partial charge in [-0.2, -0.15) is 0 Å². The summed E-state index contributed by atoms with van der Waals surface area (Å²) < 4.78 is 0. The molecule has 0 rings (SSSR count). The van der Waals surface area contributed by atoms with Gasteiger partial charge in [0.25, 0.3) is 0 Å². The summed E-state index contributed by atoms with van der Waals surface area (Å²) in [6.45, 7) is 3.15. The van der Waals surface area contributed by atoms with Gasteiger partial charge >= 0.3 is 5.97 Å². The van der Waals surface area contributed by atoms with Crippen LogP contribution in [-0.4, -0.2) is 53.4 Å². The van der Waals surface area contributed by atoms with Crippen molar-refractivity contribution in [2.75, 3.05) is 13.3 Å². The van der Waals surface area contributed by atoms with Gasteiger partial charge in [-0.25, -0.2) is 0 Å². The number of rotatable bonds is 10. The summed E-state index contributed by atoms with van der Waals surface area (Å²) >= 11 is 1.30. The number of carboxylic acid groups (broad SMARTS) is 1. The molecule has 7 heteroatoms. The molecule has 0 saturated heterocycles. The second-order valence-corrected chi connectivity index (χ2v) is 5.23. The highest BCUT2D eigenvalue weighted by Crippen LogP contribution is 2.10. The number of carboxylic acids is 1. The van der Waals surface area contributed by atoms with E-state index in [-0.39, 0.29) is 30.4 Å². The van der Waals surface area contributed by atoms with Crippen LogP contribution in [0.1, 0.15) is 26.7 Å². The topological polar surface area (TPSA) is 95.5 Å². The van der Waals surface area contributed by atoms with Crippen molar-refractivity contribution in [3.8, 4) is 0 Å². The second-order valence-electron chi connectivity index (χ2n) is 4.29. The molecule has 0 aromatic heterocycles. The van der Waals surface area contributed by atoms with Crippen molar-refractivity contribution in [2.24, 2.45) is 0 Å². The Morgan fingerprint density at radius 3 is 2.26 bits per heavy atom. The van der Waals surface area contributed by atoms with E-state index < -0.39 is 17.4 Å². The summed E-state index contributed by atoms with van der Waals surface area (Å²) in [5.41, 5.74) is 0. The zero-order chi connectivity index (χ0) is 15.0. The fourth-order valence-corrected chi connectivity index (χ4v) is 2.19. The van der Waals surface area contributed by atoms with E-state index in [0.717, 1.165) is 0 Å². The number of carbonyl (C=O) groups is 3. The lowest BCUT2D eigenvalue weighted by molar-refractivity contribution is -0.137. The van der Waals surface area contributed by atoms with Crippen LogP contribution in [0.25, 0.3) is 0 Å². The number of ketones is 2. The first-order valence-corrected chi connectivity index (χ1v) is 7.34. The normalized spacial score (nSPS) is 15.6. The number of nitrogens with one attached hydrogen (secondary N) is 2. The molecule has 0 amide bonds. The van der Waals surface area contributed by atoms with Gasteiger partial charge in [0.05, 0.1) is 12.1 Å². The molecule has 3 unspecified atom stereocenters. The lowest BCUT2D eigenvalue weighted by Crippen LogP contribution is -2.50. The second kappa shape index (κ2) is 9.06. The Morgan fingerprint density at radius 1 is 1.32 bits per heavy atom. The van der Waals surface area contributed by atoms with E-state index in [2.05, 4.69) is 10.6 Å². The molecular formula is C12H22N2O4S. The minimum atomic E-state index is -0.958. The summed E-state index contributed by atoms with van der Waals surface area (Å²) in [6.07, 6.45) is 1.82. The van der Waals surface area contributed by atoms with Crippen LogP contribution < -0.4 is 10.6 Å². The molecule has 3 N–H and O–H groups in total. The van der Waals surface area contributed by atoms with Gasteiger partial charge in [-0.05, 0) is 33.6 Å². The van der Waals surface area contributed by atoms with Crippen LogP contribution in [0.2, 0.25) is 0 Å². The van der Waals surface area contributed by atoms with Gasteiger partial charge in [0.15, 0.2) is 11.6 Å². The van der Waals surface area contributed by atoms with Crippen LogP contribution in [0.3, 0.4) is 0 Å². The van der Waals surface area contributed by atoms with Gasteiger partial charge in [-0.3, -0.25) is 19.7 Å². The van der Waals surface area contributed by atoms with Crippen molar-refractivity contribution >= 4 is 29.3 Å². The van der Waals surface area contributed by atoms with Crippen molar-refractivity contribution in [1.29, 1.82) is 0 Å². The number of thioether (sulfide) groups is 1. The van der Waals surface area contributed by atoms with Crippen LogP contribution in [0.15, 0.2) is 0 Å². The van der Waals surface area contributed by atoms with Crippen LogP contribution in [0.4, 0.5) is 0 Å². The van der Waals surface area contributed by atoms with Gasteiger partial charge in [-0.1, -0.05) is 0 Å². The van der Waals surface area contributed by atoms with Gasteiger partial charge in [0, 0.05) is 6.42 Å². The predicted molar refractivity (Wildman–Crippen MR) is 75.3 cm³/mol. The van der Waals surface area contributed by atoms with Crippen LogP contribution in [0.5, 0.6) is 0 Å². The minimum absolute atomic E-state index is 0.0854. The lowest BCUT2D eigenvalue weighted by Gasteiger charge is -2.24. The lowest BCUT2D eigenvalue weighted by atomic mass is 10.0. The molecule has 3 atom stereocenters. The van der Waals surface area contributed by atoms with Gasteiger partial charge < -0.3 is 10.4 Å². The average molecular weight is 290 g/mol. The first-order chi connectivity index (χ1) is 8.83. The van der Waals surface area contributed by atoms with Crippen molar-refractivity contribution in [2.45, 2.75) is 44.1 Å². The van der Waals surface area contributed by atoms with E-state index in [4.69, 9.17) is 5.11 Å². The first-order valence-electron chi connectivity index (χ1n) is 6.05. The number of hydrogen-bond donors (Lipinski definition) is 3. The molecule has 0 aliphatic carbocycles. The smallest absolute Gasteiger partial charge is 0.303 e. The van der Waals surface area contributed by atoms with Crippen LogP contribution in [-0.2, 0) is 14.4 Å². The maximum atomic E-state index is 12.1. The molecule has 0 spiro atoms. The molecule has 19 heavy (non-hydrogen) atoms. The summed E-state index contributed by atoms with van der Waals surface area (Å²) in [5.74, 6) is -1.18. The Balaban J connectivity index is 4.79. The number of hydrogen-bond acceptors (Lipinski definition) is 6. The van der Waals surface area contributed by atoms with Gasteiger partial charge in [0.1, 0.15) is 5.37 Å². The standard InChI is InChI=1S/C12H22N2O4S/c1-7(13-3)11(18)9(5-6-10(16)17)14-12(19-4)8(2)15/h7,9,12-14H,5-6H2,1-4H3,(H,16,17). The first kappa shape index (κ1) is 18.1. The molecule has 0 aliphatic rings. The molecule has 0 saturated carbocycles. The Bertz CT molecular complexity index is 336. The van der Waals surface area contributed by atoms with E-state index in [1.54, 1.807) is 20.2 Å².